The molecular formula is C11H7F2N. The van der Waals surface area contributed by atoms with Crippen LogP contribution < -0.4 is 0 Å². The van der Waals surface area contributed by atoms with Gasteiger partial charge in [-0.25, -0.2) is 8.78 Å². The van der Waals surface area contributed by atoms with Crippen LogP contribution in [0.5, 0.6) is 0 Å². The van der Waals surface area contributed by atoms with E-state index in [1.807, 2.05) is 0 Å². The largest absolute Gasteiger partial charge is 0.253 e. The number of hydrogen-bond acceptors (Lipinski definition) is 1. The van der Waals surface area contributed by atoms with Gasteiger partial charge in [0, 0.05) is 10.9 Å². The Kier molecular flexibility index (Phi) is 2.00. The summed E-state index contributed by atoms with van der Waals surface area (Å²) < 4.78 is 26.1. The molecule has 3 heteroatoms. The molecule has 0 spiro atoms. The lowest BCUT2D eigenvalue weighted by atomic mass is 10.1. The van der Waals surface area contributed by atoms with E-state index < -0.39 is 11.6 Å². The first kappa shape index (κ1) is 8.81. The van der Waals surface area contributed by atoms with E-state index in [1.165, 1.54) is 24.3 Å². The molecule has 2 rings (SSSR count). The number of nitrogens with zero attached hydrogens (tertiary/aromatic N) is 1. The first-order chi connectivity index (χ1) is 6.72. The molecule has 0 unspecified atom stereocenters. The number of hydrogen-bond donors (Lipinski definition) is 0. The second-order valence-electron chi connectivity index (χ2n) is 2.89. The Morgan fingerprint density at radius 2 is 2.07 bits per heavy atom. The van der Waals surface area contributed by atoms with Gasteiger partial charge in [-0.15, -0.1) is 0 Å². The van der Waals surface area contributed by atoms with Crippen molar-refractivity contribution < 1.29 is 8.78 Å². The maximum Gasteiger partial charge on any atom is 0.149 e. The Morgan fingerprint density at radius 1 is 1.29 bits per heavy atom. The van der Waals surface area contributed by atoms with Crippen LogP contribution in [0, 0.1) is 11.6 Å². The summed E-state index contributed by atoms with van der Waals surface area (Å²) in [6.07, 6.45) is 2.47. The van der Waals surface area contributed by atoms with Crippen molar-refractivity contribution in [1.29, 1.82) is 0 Å². The van der Waals surface area contributed by atoms with Crippen molar-refractivity contribution in [2.45, 2.75) is 0 Å². The molecule has 0 N–H and O–H groups in total. The van der Waals surface area contributed by atoms with Gasteiger partial charge in [-0.05, 0) is 18.2 Å². The predicted molar refractivity (Wildman–Crippen MR) is 51.8 cm³/mol. The summed E-state index contributed by atoms with van der Waals surface area (Å²) in [6.45, 7) is 3.48. The number of rotatable bonds is 1. The fraction of sp³-hybridized carbons (Fsp3) is 0. The lowest BCUT2D eigenvalue weighted by Gasteiger charge is -2.02. The van der Waals surface area contributed by atoms with Gasteiger partial charge >= 0.3 is 0 Å². The molecule has 1 aromatic carbocycles. The molecule has 2 aromatic rings. The van der Waals surface area contributed by atoms with E-state index >= 15 is 0 Å². The van der Waals surface area contributed by atoms with Crippen molar-refractivity contribution in [1.82, 2.24) is 4.98 Å². The first-order valence-corrected chi connectivity index (χ1v) is 4.08. The molecule has 0 radical (unpaired) electrons. The number of benzene rings is 1. The van der Waals surface area contributed by atoms with E-state index in [1.54, 1.807) is 0 Å². The zero-order chi connectivity index (χ0) is 10.1. The highest BCUT2D eigenvalue weighted by molar-refractivity contribution is 5.87. The topological polar surface area (TPSA) is 12.9 Å². The molecule has 0 aliphatic heterocycles. The van der Waals surface area contributed by atoms with E-state index in [4.69, 9.17) is 0 Å². The van der Waals surface area contributed by atoms with E-state index in [9.17, 15) is 8.78 Å². The summed E-state index contributed by atoms with van der Waals surface area (Å²) in [7, 11) is 0. The Balaban J connectivity index is 2.91. The van der Waals surface area contributed by atoms with Crippen LogP contribution >= 0.6 is 0 Å². The minimum absolute atomic E-state index is 0.287. The molecule has 1 nitrogen and oxygen atoms in total. The summed E-state index contributed by atoms with van der Waals surface area (Å²) in [5.41, 5.74) is 0.845. The van der Waals surface area contributed by atoms with Crippen LogP contribution in [-0.4, -0.2) is 4.98 Å². The highest BCUT2D eigenvalue weighted by Gasteiger charge is 2.06. The summed E-state index contributed by atoms with van der Waals surface area (Å²) in [4.78, 5) is 3.84. The minimum Gasteiger partial charge on any atom is -0.253 e. The van der Waals surface area contributed by atoms with Crippen LogP contribution in [-0.2, 0) is 0 Å². The summed E-state index contributed by atoms with van der Waals surface area (Å²) in [5.74, 6) is -0.897. The standard InChI is InChI=1S/C11H7F2N/c1-2-8-9-5-7(12)3-4-11(9)14-6-10(8)13/h2-6H,1H2. The summed E-state index contributed by atoms with van der Waals surface area (Å²) >= 11 is 0. The molecule has 0 atom stereocenters. The van der Waals surface area contributed by atoms with Crippen molar-refractivity contribution in [3.8, 4) is 0 Å². The van der Waals surface area contributed by atoms with Crippen molar-refractivity contribution in [3.63, 3.8) is 0 Å². The molecule has 0 fully saturated rings. The SMILES string of the molecule is C=Cc1c(F)cnc2ccc(F)cc12. The highest BCUT2D eigenvalue weighted by atomic mass is 19.1. The third-order valence-electron chi connectivity index (χ3n) is 2.03. The van der Waals surface area contributed by atoms with Crippen molar-refractivity contribution in [2.24, 2.45) is 0 Å². The first-order valence-electron chi connectivity index (χ1n) is 4.08. The number of pyridine rings is 1. The van der Waals surface area contributed by atoms with E-state index in [-0.39, 0.29) is 5.56 Å². The molecule has 0 bridgehead atoms. The zero-order valence-corrected chi connectivity index (χ0v) is 7.30. The molecule has 0 aliphatic carbocycles. The summed E-state index contributed by atoms with van der Waals surface area (Å²) in [6, 6.07) is 4.06. The quantitative estimate of drug-likeness (QED) is 0.674. The fourth-order valence-corrected chi connectivity index (χ4v) is 1.37. The third-order valence-corrected chi connectivity index (χ3v) is 2.03. The molecule has 1 aromatic heterocycles. The van der Waals surface area contributed by atoms with Gasteiger partial charge in [-0.2, -0.15) is 0 Å². The second-order valence-corrected chi connectivity index (χ2v) is 2.89. The van der Waals surface area contributed by atoms with Crippen LogP contribution in [0.4, 0.5) is 8.78 Å². The van der Waals surface area contributed by atoms with Crippen molar-refractivity contribution >= 4 is 17.0 Å². The monoisotopic (exact) mass is 191 g/mol. The number of aromatic nitrogens is 1. The van der Waals surface area contributed by atoms with Crippen molar-refractivity contribution in [3.05, 3.63) is 48.2 Å². The van der Waals surface area contributed by atoms with Crippen LogP contribution in [0.1, 0.15) is 5.56 Å². The van der Waals surface area contributed by atoms with Crippen molar-refractivity contribution in [2.75, 3.05) is 0 Å². The molecule has 14 heavy (non-hydrogen) atoms. The normalized spacial score (nSPS) is 10.4. The van der Waals surface area contributed by atoms with Gasteiger partial charge < -0.3 is 0 Å². The predicted octanol–water partition coefficient (Wildman–Crippen LogP) is 3.16. The van der Waals surface area contributed by atoms with Crippen LogP contribution in [0.25, 0.3) is 17.0 Å². The fourth-order valence-electron chi connectivity index (χ4n) is 1.37. The number of halogens is 2. The van der Waals surface area contributed by atoms with E-state index in [0.29, 0.717) is 10.9 Å². The summed E-state index contributed by atoms with van der Waals surface area (Å²) in [5, 5.41) is 0.444. The average molecular weight is 191 g/mol. The molecule has 0 aliphatic rings. The second kappa shape index (κ2) is 3.18. The smallest absolute Gasteiger partial charge is 0.149 e. The van der Waals surface area contributed by atoms with Gasteiger partial charge in [-0.3, -0.25) is 4.98 Å². The minimum atomic E-state index is -0.488. The van der Waals surface area contributed by atoms with E-state index in [2.05, 4.69) is 11.6 Å². The zero-order valence-electron chi connectivity index (χ0n) is 7.30. The number of fused-ring (bicyclic) bond motifs is 1. The van der Waals surface area contributed by atoms with Crippen LogP contribution in [0.2, 0.25) is 0 Å². The lowest BCUT2D eigenvalue weighted by molar-refractivity contribution is 0.619. The molecule has 0 saturated carbocycles. The van der Waals surface area contributed by atoms with E-state index in [0.717, 1.165) is 6.20 Å². The van der Waals surface area contributed by atoms with Gasteiger partial charge in [0.2, 0.25) is 0 Å². The van der Waals surface area contributed by atoms with Gasteiger partial charge in [0.25, 0.3) is 0 Å². The van der Waals surface area contributed by atoms with Gasteiger partial charge in [-0.1, -0.05) is 12.7 Å². The lowest BCUT2D eigenvalue weighted by Crippen LogP contribution is -1.89. The molecule has 70 valence electrons. The molecule has 0 amide bonds. The third kappa shape index (κ3) is 1.27. The highest BCUT2D eigenvalue weighted by Crippen LogP contribution is 2.21. The average Bonchev–Trinajstić information content (AvgIpc) is 2.17. The molecule has 1 heterocycles. The Labute approximate surface area is 79.7 Å². The maximum atomic E-state index is 13.2. The Morgan fingerprint density at radius 3 is 2.79 bits per heavy atom. The molecule has 0 saturated heterocycles. The Bertz CT molecular complexity index is 501. The van der Waals surface area contributed by atoms with Crippen LogP contribution in [0.3, 0.4) is 0 Å². The van der Waals surface area contributed by atoms with Gasteiger partial charge in [0.15, 0.2) is 0 Å². The van der Waals surface area contributed by atoms with Gasteiger partial charge in [0.05, 0.1) is 11.7 Å². The Hall–Kier alpha value is -1.77. The maximum absolute atomic E-state index is 13.2. The molecular weight excluding hydrogens is 184 g/mol. The van der Waals surface area contributed by atoms with Crippen LogP contribution in [0.15, 0.2) is 31.0 Å². The van der Waals surface area contributed by atoms with Gasteiger partial charge in [0.1, 0.15) is 11.6 Å².